The van der Waals surface area contributed by atoms with E-state index in [0.29, 0.717) is 0 Å². The van der Waals surface area contributed by atoms with Gasteiger partial charge in [-0.2, -0.15) is 0 Å². The Balaban J connectivity index is 0.854. The second kappa shape index (κ2) is 15.1. The molecule has 0 unspecified atom stereocenters. The Bertz CT molecular complexity index is 4170. The number of benzene rings is 11. The van der Waals surface area contributed by atoms with Crippen molar-refractivity contribution in [1.29, 1.82) is 0 Å². The van der Waals surface area contributed by atoms with Gasteiger partial charge in [-0.05, 0) is 164 Å². The fraction of sp³-hybridized carbons (Fsp3) is 0.0462. The monoisotopic (exact) mass is 884 g/mol. The summed E-state index contributed by atoms with van der Waals surface area (Å²) in [6, 6.07) is 83.3. The molecule has 13 aromatic rings. The molecule has 0 saturated carbocycles. The van der Waals surface area contributed by atoms with Crippen LogP contribution in [-0.4, -0.2) is 0 Å². The van der Waals surface area contributed by atoms with Crippen LogP contribution in [0.3, 0.4) is 0 Å². The van der Waals surface area contributed by atoms with Gasteiger partial charge in [0.1, 0.15) is 22.3 Å². The van der Waals surface area contributed by atoms with Crippen LogP contribution in [0.1, 0.15) is 25.0 Å². The minimum Gasteiger partial charge on any atom is -0.456 e. The van der Waals surface area contributed by atoms with E-state index in [-0.39, 0.29) is 5.41 Å². The van der Waals surface area contributed by atoms with Gasteiger partial charge >= 0.3 is 0 Å². The van der Waals surface area contributed by atoms with Gasteiger partial charge < -0.3 is 18.6 Å². The summed E-state index contributed by atoms with van der Waals surface area (Å²) in [5.41, 5.74) is 17.5. The lowest BCUT2D eigenvalue weighted by Crippen LogP contribution is -2.23. The van der Waals surface area contributed by atoms with E-state index in [9.17, 15) is 0 Å². The van der Waals surface area contributed by atoms with Gasteiger partial charge in [-0.1, -0.05) is 135 Å². The smallest absolute Gasteiger partial charge is 0.135 e. The minimum absolute atomic E-state index is 0.248. The zero-order valence-electron chi connectivity index (χ0n) is 38.2. The molecule has 0 N–H and O–H groups in total. The third-order valence-corrected chi connectivity index (χ3v) is 14.6. The van der Waals surface area contributed by atoms with E-state index in [1.807, 2.05) is 24.3 Å². The molecule has 0 saturated heterocycles. The first-order chi connectivity index (χ1) is 33.9. The summed E-state index contributed by atoms with van der Waals surface area (Å²) in [5.74, 6) is 0. The molecule has 0 spiro atoms. The maximum absolute atomic E-state index is 6.25. The van der Waals surface area contributed by atoms with Gasteiger partial charge in [0.2, 0.25) is 0 Å². The lowest BCUT2D eigenvalue weighted by molar-refractivity contribution is 0.645. The van der Waals surface area contributed by atoms with Crippen molar-refractivity contribution < 1.29 is 8.83 Å². The average molecular weight is 885 g/mol. The number of hydrogen-bond donors (Lipinski definition) is 0. The highest BCUT2D eigenvalue weighted by Gasteiger charge is 2.34. The highest BCUT2D eigenvalue weighted by molar-refractivity contribution is 6.18. The normalized spacial score (nSPS) is 12.9. The lowest BCUT2D eigenvalue weighted by atomic mass is 9.67. The van der Waals surface area contributed by atoms with Crippen molar-refractivity contribution in [3.05, 3.63) is 242 Å². The summed E-state index contributed by atoms with van der Waals surface area (Å²) < 4.78 is 12.5. The van der Waals surface area contributed by atoms with Crippen molar-refractivity contribution in [1.82, 2.24) is 0 Å². The Kier molecular flexibility index (Phi) is 8.59. The first-order valence-corrected chi connectivity index (χ1v) is 23.7. The Morgan fingerprint density at radius 1 is 0.304 bits per heavy atom. The van der Waals surface area contributed by atoms with Crippen molar-refractivity contribution in [2.45, 2.75) is 19.3 Å². The molecule has 0 radical (unpaired) electrons. The quantitative estimate of drug-likeness (QED) is 0.149. The number of para-hydroxylation sites is 4. The van der Waals surface area contributed by atoms with Gasteiger partial charge in [-0.3, -0.25) is 0 Å². The maximum Gasteiger partial charge on any atom is 0.135 e. The van der Waals surface area contributed by atoms with Crippen molar-refractivity contribution >= 4 is 99.5 Å². The molecule has 4 heteroatoms. The summed E-state index contributed by atoms with van der Waals surface area (Å²) in [7, 11) is 0. The molecule has 0 bridgehead atoms. The van der Waals surface area contributed by atoms with Crippen LogP contribution in [0.25, 0.3) is 87.7 Å². The standard InChI is InChI=1S/C65H44N2O2/c1-65(2)58-21-13-20-53-54-38-47(67(45-16-7-4-8-17-45)49-32-35-63-56(40-49)52-19-10-12-23-61(52)69-63)30-26-43(54)36-57(64(53)58)50-33-27-42(37-59(50)65)41-24-28-46(29-25-41)66(44-14-5-3-6-15-44)48-31-34-62-55(39-48)51-18-9-11-22-60(51)68-62/h3-40H,1-2H3. The third kappa shape index (κ3) is 6.15. The maximum atomic E-state index is 6.25. The summed E-state index contributed by atoms with van der Waals surface area (Å²) in [6.07, 6.45) is 0. The fourth-order valence-corrected chi connectivity index (χ4v) is 11.2. The molecule has 0 aliphatic heterocycles. The van der Waals surface area contributed by atoms with Crippen LogP contribution in [0.5, 0.6) is 0 Å². The Hall–Kier alpha value is -8.86. The molecule has 326 valence electrons. The van der Waals surface area contributed by atoms with Crippen molar-refractivity contribution in [3.63, 3.8) is 0 Å². The molecular weight excluding hydrogens is 841 g/mol. The molecule has 1 aliphatic rings. The summed E-state index contributed by atoms with van der Waals surface area (Å²) in [4.78, 5) is 4.69. The molecule has 4 nitrogen and oxygen atoms in total. The first-order valence-electron chi connectivity index (χ1n) is 23.7. The average Bonchev–Trinajstić information content (AvgIpc) is 3.97. The Morgan fingerprint density at radius 3 is 1.41 bits per heavy atom. The highest BCUT2D eigenvalue weighted by Crippen LogP contribution is 2.52. The van der Waals surface area contributed by atoms with E-state index in [2.05, 4.69) is 230 Å². The van der Waals surface area contributed by atoms with Crippen molar-refractivity contribution in [2.75, 3.05) is 9.80 Å². The number of fused-ring (bicyclic) bond motifs is 10. The van der Waals surface area contributed by atoms with Crippen LogP contribution in [0.2, 0.25) is 0 Å². The van der Waals surface area contributed by atoms with Gasteiger partial charge in [-0.25, -0.2) is 0 Å². The molecule has 2 heterocycles. The van der Waals surface area contributed by atoms with Crippen LogP contribution in [0.15, 0.2) is 239 Å². The third-order valence-electron chi connectivity index (χ3n) is 14.6. The second-order valence-corrected chi connectivity index (χ2v) is 18.9. The van der Waals surface area contributed by atoms with Crippen molar-refractivity contribution in [2.24, 2.45) is 0 Å². The molecule has 1 aliphatic carbocycles. The van der Waals surface area contributed by atoms with E-state index in [1.165, 1.54) is 54.9 Å². The number of nitrogens with zero attached hydrogens (tertiary/aromatic N) is 2. The Labute approximate surface area is 399 Å². The number of furan rings is 2. The van der Waals surface area contributed by atoms with Crippen LogP contribution in [-0.2, 0) is 5.41 Å². The Morgan fingerprint density at radius 2 is 0.783 bits per heavy atom. The second-order valence-electron chi connectivity index (χ2n) is 18.9. The largest absolute Gasteiger partial charge is 0.456 e. The predicted molar refractivity (Wildman–Crippen MR) is 288 cm³/mol. The van der Waals surface area contributed by atoms with Gasteiger partial charge in [-0.15, -0.1) is 0 Å². The van der Waals surface area contributed by atoms with Gasteiger partial charge in [0.25, 0.3) is 0 Å². The van der Waals surface area contributed by atoms with E-state index >= 15 is 0 Å². The molecule has 0 amide bonds. The summed E-state index contributed by atoms with van der Waals surface area (Å²) in [5, 5.41) is 9.51. The molecule has 0 fully saturated rings. The summed E-state index contributed by atoms with van der Waals surface area (Å²) >= 11 is 0. The molecule has 0 atom stereocenters. The van der Waals surface area contributed by atoms with Crippen LogP contribution in [0.4, 0.5) is 34.1 Å². The van der Waals surface area contributed by atoms with E-state index in [1.54, 1.807) is 0 Å². The van der Waals surface area contributed by atoms with Crippen LogP contribution in [0, 0.1) is 0 Å². The first kappa shape index (κ1) is 39.3. The van der Waals surface area contributed by atoms with E-state index < -0.39 is 0 Å². The number of anilines is 6. The fourth-order valence-electron chi connectivity index (χ4n) is 11.2. The highest BCUT2D eigenvalue weighted by atomic mass is 16.3. The van der Waals surface area contributed by atoms with E-state index in [4.69, 9.17) is 8.83 Å². The SMILES string of the molecule is CC1(C)c2cc(-c3ccc(N(c4ccccc4)c4ccc5oc6ccccc6c5c4)cc3)ccc2-c2cc3ccc(N(c4ccccc4)c4ccc5oc6ccccc6c5c4)cc3c3cccc1c23. The molecule has 11 aromatic carbocycles. The minimum atomic E-state index is -0.248. The molecule has 69 heavy (non-hydrogen) atoms. The molecular formula is C65H44N2O2. The van der Waals surface area contributed by atoms with Crippen LogP contribution >= 0.6 is 0 Å². The zero-order chi connectivity index (χ0) is 45.8. The van der Waals surface area contributed by atoms with E-state index in [0.717, 1.165) is 78.0 Å². The number of hydrogen-bond acceptors (Lipinski definition) is 4. The summed E-state index contributed by atoms with van der Waals surface area (Å²) in [6.45, 7) is 4.78. The molecule has 14 rings (SSSR count). The topological polar surface area (TPSA) is 32.8 Å². The molecule has 2 aromatic heterocycles. The van der Waals surface area contributed by atoms with Gasteiger partial charge in [0, 0.05) is 61.1 Å². The van der Waals surface area contributed by atoms with Gasteiger partial charge in [0.05, 0.1) is 0 Å². The van der Waals surface area contributed by atoms with Gasteiger partial charge in [0.15, 0.2) is 0 Å². The predicted octanol–water partition coefficient (Wildman–Crippen LogP) is 18.7. The van der Waals surface area contributed by atoms with Crippen LogP contribution < -0.4 is 9.80 Å². The zero-order valence-corrected chi connectivity index (χ0v) is 38.2. The van der Waals surface area contributed by atoms with Crippen molar-refractivity contribution in [3.8, 4) is 22.3 Å². The lowest BCUT2D eigenvalue weighted by Gasteiger charge is -2.36. The number of rotatable bonds is 7.